The summed E-state index contributed by atoms with van der Waals surface area (Å²) in [6, 6.07) is 6.77. The second-order valence-corrected chi connectivity index (χ2v) is 9.97. The van der Waals surface area contributed by atoms with Gasteiger partial charge in [0.15, 0.2) is 5.65 Å². The lowest BCUT2D eigenvalue weighted by Gasteiger charge is -2.34. The minimum atomic E-state index is -0.240. The predicted molar refractivity (Wildman–Crippen MR) is 131 cm³/mol. The van der Waals surface area contributed by atoms with E-state index >= 15 is 0 Å². The van der Waals surface area contributed by atoms with E-state index in [4.69, 9.17) is 9.97 Å². The smallest absolute Gasteiger partial charge is 0.150 e. The fourth-order valence-corrected chi connectivity index (χ4v) is 5.28. The highest BCUT2D eigenvalue weighted by Gasteiger charge is 2.26. The molecule has 1 aromatic carbocycles. The molecule has 0 amide bonds. The zero-order chi connectivity index (χ0) is 22.3. The molecule has 2 aromatic heterocycles. The van der Waals surface area contributed by atoms with Crippen molar-refractivity contribution < 1.29 is 5.11 Å². The second-order valence-electron chi connectivity index (χ2n) is 9.13. The highest BCUT2D eigenvalue weighted by Crippen LogP contribution is 2.36. The number of hydrogen-bond donors (Lipinski definition) is 1. The zero-order valence-corrected chi connectivity index (χ0v) is 20.3. The van der Waals surface area contributed by atoms with Crippen molar-refractivity contribution in [3.8, 4) is 5.69 Å². The van der Waals surface area contributed by atoms with E-state index in [2.05, 4.69) is 60.9 Å². The molecule has 1 atom stereocenters. The Bertz CT molecular complexity index is 1080. The van der Waals surface area contributed by atoms with Crippen molar-refractivity contribution in [3.05, 3.63) is 41.3 Å². The number of aliphatic hydroxyl groups excluding tert-OH is 1. The lowest BCUT2D eigenvalue weighted by atomic mass is 9.92. The average molecular weight is 439 g/mol. The van der Waals surface area contributed by atoms with Crippen molar-refractivity contribution in [2.45, 2.75) is 64.4 Å². The van der Waals surface area contributed by atoms with E-state index in [1.165, 1.54) is 21.7 Å². The number of anilines is 1. The van der Waals surface area contributed by atoms with Crippen LogP contribution in [0.4, 0.5) is 5.82 Å². The van der Waals surface area contributed by atoms with E-state index in [-0.39, 0.29) is 6.10 Å². The summed E-state index contributed by atoms with van der Waals surface area (Å²) < 4.78 is 2.24. The van der Waals surface area contributed by atoms with Crippen LogP contribution in [0.3, 0.4) is 0 Å². The standard InChI is InChI=1S/C25H34N4OS/c1-15(2)20-7-8-21(22(13-20)31-6)29-14-16(3)23-24(26-18(5)27-25(23)29)28-11-9-19(10-12-28)17(4)30/h7-8,13-15,17,19,30H,9-12H2,1-6H3. The van der Waals surface area contributed by atoms with E-state index in [0.29, 0.717) is 11.8 Å². The summed E-state index contributed by atoms with van der Waals surface area (Å²) >= 11 is 1.78. The van der Waals surface area contributed by atoms with Crippen molar-refractivity contribution in [2.24, 2.45) is 5.92 Å². The van der Waals surface area contributed by atoms with Crippen LogP contribution in [-0.2, 0) is 0 Å². The quantitative estimate of drug-likeness (QED) is 0.535. The minimum absolute atomic E-state index is 0.240. The molecule has 1 unspecified atom stereocenters. The molecule has 1 fully saturated rings. The molecule has 1 aliphatic heterocycles. The van der Waals surface area contributed by atoms with Crippen LogP contribution in [0.5, 0.6) is 0 Å². The third kappa shape index (κ3) is 4.20. The number of piperidine rings is 1. The van der Waals surface area contributed by atoms with Gasteiger partial charge in [-0.2, -0.15) is 0 Å². The van der Waals surface area contributed by atoms with Gasteiger partial charge in [0.2, 0.25) is 0 Å². The van der Waals surface area contributed by atoms with Crippen LogP contribution in [0.15, 0.2) is 29.3 Å². The van der Waals surface area contributed by atoms with E-state index in [9.17, 15) is 5.11 Å². The second kappa shape index (κ2) is 8.83. The number of rotatable bonds is 5. The minimum Gasteiger partial charge on any atom is -0.393 e. The van der Waals surface area contributed by atoms with Gasteiger partial charge in [-0.1, -0.05) is 19.9 Å². The summed E-state index contributed by atoms with van der Waals surface area (Å²) in [4.78, 5) is 13.4. The Morgan fingerprint density at radius 1 is 1.10 bits per heavy atom. The number of nitrogens with zero attached hydrogens (tertiary/aromatic N) is 4. The Labute approximate surface area is 189 Å². The maximum Gasteiger partial charge on any atom is 0.150 e. The van der Waals surface area contributed by atoms with Crippen LogP contribution in [0.2, 0.25) is 0 Å². The van der Waals surface area contributed by atoms with Gasteiger partial charge in [-0.15, -0.1) is 11.8 Å². The Morgan fingerprint density at radius 3 is 2.42 bits per heavy atom. The molecule has 6 heteroatoms. The van der Waals surface area contributed by atoms with Gasteiger partial charge in [0, 0.05) is 24.2 Å². The molecule has 3 heterocycles. The number of hydrogen-bond acceptors (Lipinski definition) is 5. The van der Waals surface area contributed by atoms with Gasteiger partial charge in [0.1, 0.15) is 11.6 Å². The molecule has 0 bridgehead atoms. The molecule has 4 rings (SSSR count). The lowest BCUT2D eigenvalue weighted by Crippen LogP contribution is -2.37. The third-order valence-corrected chi connectivity index (χ3v) is 7.35. The van der Waals surface area contributed by atoms with E-state index in [1.807, 2.05) is 13.8 Å². The van der Waals surface area contributed by atoms with Crippen LogP contribution in [0.25, 0.3) is 16.7 Å². The van der Waals surface area contributed by atoms with Gasteiger partial charge in [-0.3, -0.25) is 4.57 Å². The average Bonchev–Trinajstić information content (AvgIpc) is 3.08. The number of aliphatic hydroxyl groups is 1. The first-order valence-electron chi connectivity index (χ1n) is 11.3. The monoisotopic (exact) mass is 438 g/mol. The fourth-order valence-electron chi connectivity index (χ4n) is 4.65. The number of benzene rings is 1. The summed E-state index contributed by atoms with van der Waals surface area (Å²) in [5.74, 6) is 2.71. The van der Waals surface area contributed by atoms with E-state index in [1.54, 1.807) is 11.8 Å². The molecule has 1 aliphatic rings. The van der Waals surface area contributed by atoms with Crippen LogP contribution in [0.1, 0.15) is 56.5 Å². The molecule has 0 aliphatic carbocycles. The summed E-state index contributed by atoms with van der Waals surface area (Å²) in [6.07, 6.45) is 6.09. The Kier molecular flexibility index (Phi) is 6.31. The molecule has 166 valence electrons. The zero-order valence-electron chi connectivity index (χ0n) is 19.5. The molecule has 3 aromatic rings. The van der Waals surface area contributed by atoms with Crippen molar-refractivity contribution in [3.63, 3.8) is 0 Å². The van der Waals surface area contributed by atoms with Gasteiger partial charge in [0.05, 0.1) is 17.2 Å². The molecule has 1 saturated heterocycles. The van der Waals surface area contributed by atoms with E-state index < -0.39 is 0 Å². The molecule has 5 nitrogen and oxygen atoms in total. The Balaban J connectivity index is 1.81. The van der Waals surface area contributed by atoms with Crippen LogP contribution >= 0.6 is 11.8 Å². The maximum absolute atomic E-state index is 9.98. The number of fused-ring (bicyclic) bond motifs is 1. The van der Waals surface area contributed by atoms with Gasteiger partial charge in [-0.05, 0) is 75.0 Å². The van der Waals surface area contributed by atoms with Crippen LogP contribution in [0, 0.1) is 19.8 Å². The summed E-state index contributed by atoms with van der Waals surface area (Å²) in [6.45, 7) is 12.4. The molecule has 31 heavy (non-hydrogen) atoms. The summed E-state index contributed by atoms with van der Waals surface area (Å²) in [5.41, 5.74) is 4.70. The van der Waals surface area contributed by atoms with Crippen molar-refractivity contribution >= 4 is 28.6 Å². The summed E-state index contributed by atoms with van der Waals surface area (Å²) in [7, 11) is 0. The normalized spacial score (nSPS) is 16.5. The predicted octanol–water partition coefficient (Wildman–Crippen LogP) is 5.48. The first-order chi connectivity index (χ1) is 14.8. The van der Waals surface area contributed by atoms with Crippen molar-refractivity contribution in [1.82, 2.24) is 14.5 Å². The Hall–Kier alpha value is -2.05. The fraction of sp³-hybridized carbons (Fsp3) is 0.520. The highest BCUT2D eigenvalue weighted by atomic mass is 32.2. The van der Waals surface area contributed by atoms with Gasteiger partial charge in [0.25, 0.3) is 0 Å². The molecule has 1 N–H and O–H groups in total. The number of aryl methyl sites for hydroxylation is 2. The third-order valence-electron chi connectivity index (χ3n) is 6.58. The van der Waals surface area contributed by atoms with E-state index in [0.717, 1.165) is 48.6 Å². The van der Waals surface area contributed by atoms with Crippen molar-refractivity contribution in [1.29, 1.82) is 0 Å². The molecule has 0 spiro atoms. The van der Waals surface area contributed by atoms with Gasteiger partial charge in [-0.25, -0.2) is 9.97 Å². The number of aromatic nitrogens is 3. The molecule has 0 saturated carbocycles. The maximum atomic E-state index is 9.98. The van der Waals surface area contributed by atoms with Crippen LogP contribution in [-0.4, -0.2) is 45.1 Å². The first-order valence-corrected chi connectivity index (χ1v) is 12.5. The largest absolute Gasteiger partial charge is 0.393 e. The molecular formula is C25H34N4OS. The molecule has 0 radical (unpaired) electrons. The van der Waals surface area contributed by atoms with Crippen molar-refractivity contribution in [2.75, 3.05) is 24.2 Å². The van der Waals surface area contributed by atoms with Crippen LogP contribution < -0.4 is 4.90 Å². The first kappa shape index (κ1) is 22.2. The topological polar surface area (TPSA) is 54.2 Å². The number of thioether (sulfide) groups is 1. The summed E-state index contributed by atoms with van der Waals surface area (Å²) in [5, 5.41) is 11.1. The SMILES string of the molecule is CSc1cc(C(C)C)ccc1-n1cc(C)c2c(N3CCC(C(C)O)CC3)nc(C)nc21. The van der Waals surface area contributed by atoms with Gasteiger partial charge < -0.3 is 10.0 Å². The van der Waals surface area contributed by atoms with Gasteiger partial charge >= 0.3 is 0 Å². The Morgan fingerprint density at radius 2 is 1.81 bits per heavy atom. The molecular weight excluding hydrogens is 404 g/mol. The highest BCUT2D eigenvalue weighted by molar-refractivity contribution is 7.98. The lowest BCUT2D eigenvalue weighted by molar-refractivity contribution is 0.110.